The van der Waals surface area contributed by atoms with Crippen LogP contribution in [-0.2, 0) is 14.4 Å². The molecule has 104 valence electrons. The molecule has 0 radical (unpaired) electrons. The van der Waals surface area contributed by atoms with Crippen molar-refractivity contribution >= 4 is 29.5 Å². The number of fused-ring (bicyclic) bond motifs is 1. The molecule has 0 bridgehead atoms. The second-order valence-electron chi connectivity index (χ2n) is 5.15. The zero-order valence-electron chi connectivity index (χ0n) is 10.6. The summed E-state index contributed by atoms with van der Waals surface area (Å²) < 4.78 is 0. The van der Waals surface area contributed by atoms with Crippen molar-refractivity contribution in [1.29, 1.82) is 0 Å². The number of thioether (sulfide) groups is 1. The van der Waals surface area contributed by atoms with E-state index in [1.165, 1.54) is 0 Å². The van der Waals surface area contributed by atoms with Gasteiger partial charge in [0.25, 0.3) is 0 Å². The topological polar surface area (TPSA) is 78.5 Å². The molecule has 19 heavy (non-hydrogen) atoms. The van der Waals surface area contributed by atoms with Gasteiger partial charge in [-0.25, -0.2) is 0 Å². The van der Waals surface area contributed by atoms with E-state index < -0.39 is 6.04 Å². The minimum atomic E-state index is -0.477. The van der Waals surface area contributed by atoms with Crippen LogP contribution in [0, 0.1) is 0 Å². The van der Waals surface area contributed by atoms with Gasteiger partial charge >= 0.3 is 0 Å². The first kappa shape index (κ1) is 12.9. The maximum absolute atomic E-state index is 12.1. The molecule has 0 aliphatic carbocycles. The number of amides is 3. The van der Waals surface area contributed by atoms with E-state index in [2.05, 4.69) is 10.6 Å². The van der Waals surface area contributed by atoms with E-state index in [0.717, 1.165) is 25.8 Å². The SMILES string of the molecule is O=C(NC(=O)C1CSC2CCC(=O)N21)C1CCCN1. The normalized spacial score (nSPS) is 33.6. The van der Waals surface area contributed by atoms with Crippen LogP contribution < -0.4 is 10.6 Å². The van der Waals surface area contributed by atoms with E-state index in [1.54, 1.807) is 16.7 Å². The van der Waals surface area contributed by atoms with Crippen LogP contribution in [0.5, 0.6) is 0 Å². The molecule has 3 unspecified atom stereocenters. The largest absolute Gasteiger partial charge is 0.318 e. The highest BCUT2D eigenvalue weighted by Crippen LogP contribution is 2.37. The molecule has 2 N–H and O–H groups in total. The second kappa shape index (κ2) is 5.13. The first-order valence-electron chi connectivity index (χ1n) is 6.67. The molecule has 3 rings (SSSR count). The van der Waals surface area contributed by atoms with E-state index in [-0.39, 0.29) is 29.1 Å². The Morgan fingerprint density at radius 3 is 2.89 bits per heavy atom. The number of imide groups is 1. The molecule has 0 aromatic heterocycles. The van der Waals surface area contributed by atoms with Gasteiger partial charge < -0.3 is 10.2 Å². The third kappa shape index (κ3) is 2.36. The first-order valence-corrected chi connectivity index (χ1v) is 7.72. The summed E-state index contributed by atoms with van der Waals surface area (Å²) in [7, 11) is 0. The standard InChI is InChI=1S/C12H17N3O3S/c16-9-3-4-10-15(9)8(6-19-10)12(18)14-11(17)7-2-1-5-13-7/h7-8,10,13H,1-6H2,(H,14,17,18). The van der Waals surface area contributed by atoms with E-state index in [1.807, 2.05) is 0 Å². The summed E-state index contributed by atoms with van der Waals surface area (Å²) in [4.78, 5) is 37.4. The van der Waals surface area contributed by atoms with Crippen molar-refractivity contribution in [3.63, 3.8) is 0 Å². The fourth-order valence-corrected chi connectivity index (χ4v) is 4.32. The average molecular weight is 283 g/mol. The maximum Gasteiger partial charge on any atom is 0.250 e. The molecule has 3 heterocycles. The summed E-state index contributed by atoms with van der Waals surface area (Å²) in [6.45, 7) is 0.818. The Morgan fingerprint density at radius 2 is 2.16 bits per heavy atom. The molecular formula is C12H17N3O3S. The molecule has 0 aromatic rings. The summed E-state index contributed by atoms with van der Waals surface area (Å²) in [5.41, 5.74) is 0. The molecular weight excluding hydrogens is 266 g/mol. The molecule has 3 atom stereocenters. The Labute approximate surface area is 115 Å². The van der Waals surface area contributed by atoms with Gasteiger partial charge in [0.05, 0.1) is 11.4 Å². The molecule has 6 nitrogen and oxygen atoms in total. The van der Waals surface area contributed by atoms with Crippen LogP contribution in [0.25, 0.3) is 0 Å². The van der Waals surface area contributed by atoms with Crippen LogP contribution in [0.4, 0.5) is 0 Å². The van der Waals surface area contributed by atoms with Crippen LogP contribution in [-0.4, -0.2) is 52.4 Å². The molecule has 3 aliphatic rings. The zero-order valence-corrected chi connectivity index (χ0v) is 11.4. The van der Waals surface area contributed by atoms with Crippen LogP contribution in [0.2, 0.25) is 0 Å². The lowest BCUT2D eigenvalue weighted by Gasteiger charge is -2.22. The summed E-state index contributed by atoms with van der Waals surface area (Å²) in [5.74, 6) is 0.0290. The van der Waals surface area contributed by atoms with Crippen molar-refractivity contribution in [1.82, 2.24) is 15.5 Å². The molecule has 3 fully saturated rings. The van der Waals surface area contributed by atoms with Gasteiger partial charge in [-0.15, -0.1) is 11.8 Å². The lowest BCUT2D eigenvalue weighted by Crippen LogP contribution is -2.52. The van der Waals surface area contributed by atoms with Crippen LogP contribution in [0.1, 0.15) is 25.7 Å². The highest BCUT2D eigenvalue weighted by atomic mass is 32.2. The van der Waals surface area contributed by atoms with Gasteiger partial charge in [-0.05, 0) is 25.8 Å². The number of nitrogens with zero attached hydrogens (tertiary/aromatic N) is 1. The number of nitrogens with one attached hydrogen (secondary N) is 2. The third-order valence-corrected chi connectivity index (χ3v) is 5.27. The van der Waals surface area contributed by atoms with Crippen molar-refractivity contribution in [3.05, 3.63) is 0 Å². The number of carbonyl (C=O) groups is 3. The number of carbonyl (C=O) groups excluding carboxylic acids is 3. The quantitative estimate of drug-likeness (QED) is 0.665. The van der Waals surface area contributed by atoms with Gasteiger partial charge in [0.15, 0.2) is 0 Å². The monoisotopic (exact) mass is 283 g/mol. The minimum Gasteiger partial charge on any atom is -0.318 e. The number of rotatable bonds is 2. The van der Waals surface area contributed by atoms with Crippen LogP contribution in [0.15, 0.2) is 0 Å². The fraction of sp³-hybridized carbons (Fsp3) is 0.750. The summed E-state index contributed by atoms with van der Waals surface area (Å²) in [6.07, 6.45) is 3.05. The zero-order chi connectivity index (χ0) is 13.4. The van der Waals surface area contributed by atoms with Crippen molar-refractivity contribution < 1.29 is 14.4 Å². The van der Waals surface area contributed by atoms with Crippen molar-refractivity contribution in [2.24, 2.45) is 0 Å². The van der Waals surface area contributed by atoms with Gasteiger partial charge in [-0.3, -0.25) is 19.7 Å². The highest BCUT2D eigenvalue weighted by Gasteiger charge is 2.45. The molecule has 7 heteroatoms. The second-order valence-corrected chi connectivity index (χ2v) is 6.36. The van der Waals surface area contributed by atoms with Gasteiger partial charge in [0.2, 0.25) is 17.7 Å². The van der Waals surface area contributed by atoms with E-state index in [9.17, 15) is 14.4 Å². The predicted molar refractivity (Wildman–Crippen MR) is 70.3 cm³/mol. The lowest BCUT2D eigenvalue weighted by atomic mass is 10.2. The Kier molecular flexibility index (Phi) is 3.49. The third-order valence-electron chi connectivity index (χ3n) is 3.91. The summed E-state index contributed by atoms with van der Waals surface area (Å²) >= 11 is 1.63. The Hall–Kier alpha value is -1.08. The van der Waals surface area contributed by atoms with Gasteiger partial charge in [0.1, 0.15) is 6.04 Å². The van der Waals surface area contributed by atoms with Crippen LogP contribution in [0.3, 0.4) is 0 Å². The Bertz CT molecular complexity index is 422. The first-order chi connectivity index (χ1) is 9.16. The fourth-order valence-electron chi connectivity index (χ4n) is 2.90. The predicted octanol–water partition coefficient (Wildman–Crippen LogP) is -0.555. The molecule has 3 saturated heterocycles. The average Bonchev–Trinajstić information content (AvgIpc) is 3.07. The smallest absolute Gasteiger partial charge is 0.250 e. The van der Waals surface area contributed by atoms with Crippen molar-refractivity contribution in [2.75, 3.05) is 12.3 Å². The maximum atomic E-state index is 12.1. The Morgan fingerprint density at radius 1 is 1.32 bits per heavy atom. The van der Waals surface area contributed by atoms with Gasteiger partial charge in [-0.2, -0.15) is 0 Å². The molecule has 3 amide bonds. The summed E-state index contributed by atoms with van der Waals surface area (Å²) in [5, 5.41) is 5.63. The molecule has 3 aliphatic heterocycles. The number of hydrogen-bond donors (Lipinski definition) is 2. The van der Waals surface area contributed by atoms with E-state index in [4.69, 9.17) is 0 Å². The Balaban J connectivity index is 1.61. The van der Waals surface area contributed by atoms with E-state index in [0.29, 0.717) is 12.2 Å². The number of hydrogen-bond acceptors (Lipinski definition) is 5. The minimum absolute atomic E-state index is 0.0293. The summed E-state index contributed by atoms with van der Waals surface area (Å²) in [6, 6.07) is -0.738. The molecule has 0 aromatic carbocycles. The lowest BCUT2D eigenvalue weighted by molar-refractivity contribution is -0.139. The highest BCUT2D eigenvalue weighted by molar-refractivity contribution is 8.00. The van der Waals surface area contributed by atoms with E-state index >= 15 is 0 Å². The van der Waals surface area contributed by atoms with Gasteiger partial charge in [-0.1, -0.05) is 0 Å². The molecule has 0 saturated carbocycles. The van der Waals surface area contributed by atoms with Gasteiger partial charge in [0, 0.05) is 12.2 Å². The van der Waals surface area contributed by atoms with Crippen molar-refractivity contribution in [3.8, 4) is 0 Å². The van der Waals surface area contributed by atoms with Crippen molar-refractivity contribution in [2.45, 2.75) is 43.1 Å². The molecule has 0 spiro atoms. The van der Waals surface area contributed by atoms with Crippen LogP contribution >= 0.6 is 11.8 Å².